The predicted octanol–water partition coefficient (Wildman–Crippen LogP) is 11.7. The van der Waals surface area contributed by atoms with E-state index in [2.05, 4.69) is 98.6 Å². The Morgan fingerprint density at radius 3 is 1.36 bits per heavy atom. The summed E-state index contributed by atoms with van der Waals surface area (Å²) >= 11 is 0. The molecule has 8 aliphatic carbocycles. The summed E-state index contributed by atoms with van der Waals surface area (Å²) in [4.78, 5) is 82.1. The van der Waals surface area contributed by atoms with E-state index in [4.69, 9.17) is 52.1 Å². The van der Waals surface area contributed by atoms with Crippen LogP contribution in [0.1, 0.15) is 171 Å². The zero-order chi connectivity index (χ0) is 81.3. The third-order valence-electron chi connectivity index (χ3n) is 28.3. The third-order valence-corrected chi connectivity index (χ3v) is 33.1. The maximum Gasteiger partial charge on any atom is 0.407 e. The lowest BCUT2D eigenvalue weighted by atomic mass is 9.56. The van der Waals surface area contributed by atoms with Crippen LogP contribution < -0.4 is 21.3 Å². The van der Waals surface area contributed by atoms with Gasteiger partial charge in [-0.15, -0.1) is 0 Å². The molecule has 0 bridgehead atoms. The smallest absolute Gasteiger partial charge is 0.407 e. The fourth-order valence-corrected chi connectivity index (χ4v) is 26.3. The SMILES string of the molecule is COCCOCCOC(=O)NCC(NC(=O)OCCOCCOC)C(=O)NCCSSCCC(=O)N1C[C@@H](C)C[C@H]2O[C@]3(CC[C@@H]4C(=C3C)C[C@H]3[C@H]4CC=C4C[C@@H](O)CC[C@@]43C)[C@H](C)[C@@H]21.COCCOCCOC(=O)NCCSSCCC(=O)N1C[C@@H](C)C[C@H]2O[C@]3(CC[C@@H]4C(=C3C)C[C@H]3[C@H]4CC=C4C[C@@H](O)CC[C@@]43C)[C@H](C)[C@@H]21. The summed E-state index contributed by atoms with van der Waals surface area (Å²) in [5.41, 5.74) is 9.03. The van der Waals surface area contributed by atoms with Gasteiger partial charge in [0.05, 0.1) is 114 Å². The van der Waals surface area contributed by atoms with Crippen LogP contribution in [0.15, 0.2) is 45.6 Å². The zero-order valence-electron chi connectivity index (χ0n) is 69.9. The van der Waals surface area contributed by atoms with Crippen LogP contribution in [0, 0.1) is 70.0 Å². The average Bonchev–Trinajstić information content (AvgIpc) is 1.54. The minimum absolute atomic E-state index is 0.00394. The number of nitrogens with zero attached hydrogens (tertiary/aromatic N) is 2. The van der Waals surface area contributed by atoms with E-state index in [1.165, 1.54) is 35.1 Å². The number of piperidine rings is 2. The van der Waals surface area contributed by atoms with Gasteiger partial charge in [0.2, 0.25) is 17.7 Å². The van der Waals surface area contributed by atoms with Crippen LogP contribution in [0.2, 0.25) is 0 Å². The molecule has 4 aliphatic heterocycles. The van der Waals surface area contributed by atoms with E-state index in [-0.39, 0.29) is 122 Å². The molecule has 4 saturated carbocycles. The molecule has 29 heteroatoms. The van der Waals surface area contributed by atoms with Gasteiger partial charge >= 0.3 is 18.3 Å². The summed E-state index contributed by atoms with van der Waals surface area (Å²) in [5, 5.41) is 31.5. The van der Waals surface area contributed by atoms with Gasteiger partial charge in [0.25, 0.3) is 0 Å². The number of methoxy groups -OCH3 is 3. The lowest BCUT2D eigenvalue weighted by Gasteiger charge is -2.49. The second kappa shape index (κ2) is 42.6. The number of rotatable bonds is 36. The molecule has 8 fully saturated rings. The van der Waals surface area contributed by atoms with Gasteiger partial charge in [-0.25, -0.2) is 14.4 Å². The number of allylic oxidation sites excluding steroid dienone is 4. The Morgan fingerprint density at radius 1 is 0.518 bits per heavy atom. The molecule has 2 spiro atoms. The van der Waals surface area contributed by atoms with E-state index in [1.54, 1.807) is 75.7 Å². The molecule has 0 aromatic carbocycles. The zero-order valence-corrected chi connectivity index (χ0v) is 73.2. The molecule has 0 aromatic heterocycles. The fraction of sp³-hybridized carbons (Fsp3) is 0.835. The molecule has 1 unspecified atom stereocenters. The minimum atomic E-state index is -1.13. The molecule has 644 valence electrons. The monoisotopic (exact) mass is 1670 g/mol. The van der Waals surface area contributed by atoms with Crippen molar-refractivity contribution in [2.75, 3.05) is 156 Å². The molecule has 6 N–H and O–H groups in total. The van der Waals surface area contributed by atoms with Crippen molar-refractivity contribution >= 4 is 79.2 Å². The number of hydrogen-bond donors (Lipinski definition) is 6. The fourth-order valence-electron chi connectivity index (χ4n) is 22.5. The first kappa shape index (κ1) is 90.9. The van der Waals surface area contributed by atoms with Crippen molar-refractivity contribution in [3.63, 3.8) is 0 Å². The number of ether oxygens (including phenoxy) is 11. The van der Waals surface area contributed by atoms with E-state index in [9.17, 15) is 39.0 Å². The topological polar surface area (TPSA) is 299 Å². The van der Waals surface area contributed by atoms with Gasteiger partial charge in [0, 0.05) is 95.2 Å². The highest BCUT2D eigenvalue weighted by molar-refractivity contribution is 8.77. The highest BCUT2D eigenvalue weighted by Crippen LogP contribution is 2.68. The molecule has 4 saturated heterocycles. The summed E-state index contributed by atoms with van der Waals surface area (Å²) in [6.45, 7) is 24.5. The number of carbonyl (C=O) groups excluding carboxylic acids is 6. The van der Waals surface area contributed by atoms with Crippen molar-refractivity contribution in [3.05, 3.63) is 45.6 Å². The van der Waals surface area contributed by atoms with Crippen LogP contribution in [-0.4, -0.2) is 266 Å². The Hall–Kier alpha value is -3.82. The highest BCUT2D eigenvalue weighted by atomic mass is 33.1. The Balaban J connectivity index is 0.000000233. The van der Waals surface area contributed by atoms with Crippen LogP contribution >= 0.6 is 43.2 Å². The number of amides is 6. The average molecular weight is 1670 g/mol. The number of aliphatic hydroxyl groups excluding tert-OH is 2. The second-order valence-corrected chi connectivity index (χ2v) is 40.2. The molecule has 0 aromatic rings. The van der Waals surface area contributed by atoms with Crippen LogP contribution in [0.3, 0.4) is 0 Å². The van der Waals surface area contributed by atoms with Crippen molar-refractivity contribution < 1.29 is 91.1 Å². The van der Waals surface area contributed by atoms with Gasteiger partial charge in [0.1, 0.15) is 25.9 Å². The number of alkyl carbamates (subject to hydrolysis) is 3. The predicted molar refractivity (Wildman–Crippen MR) is 445 cm³/mol. The van der Waals surface area contributed by atoms with E-state index >= 15 is 0 Å². The van der Waals surface area contributed by atoms with Crippen molar-refractivity contribution in [1.82, 2.24) is 31.1 Å². The van der Waals surface area contributed by atoms with Crippen LogP contribution in [0.4, 0.5) is 14.4 Å². The maximum atomic E-state index is 14.1. The quantitative estimate of drug-likeness (QED) is 0.0147. The number of nitrogens with one attached hydrogen (secondary N) is 4. The first-order valence-electron chi connectivity index (χ1n) is 42.7. The normalized spacial score (nSPS) is 34.5. The van der Waals surface area contributed by atoms with E-state index < -0.39 is 30.2 Å². The molecular weight excluding hydrogens is 1540 g/mol. The van der Waals surface area contributed by atoms with E-state index in [1.807, 2.05) is 0 Å². The first-order valence-corrected chi connectivity index (χ1v) is 47.7. The Kier molecular flexibility index (Phi) is 34.0. The van der Waals surface area contributed by atoms with Crippen molar-refractivity contribution in [3.8, 4) is 0 Å². The van der Waals surface area contributed by atoms with Crippen molar-refractivity contribution in [2.45, 2.75) is 225 Å². The summed E-state index contributed by atoms with van der Waals surface area (Å²) < 4.78 is 60.6. The van der Waals surface area contributed by atoms with Gasteiger partial charge < -0.3 is 93.4 Å². The molecule has 25 nitrogen and oxygen atoms in total. The standard InChI is InChI=1S/C47H76N4O12S2.C38H60N2O7S2/c1-30-25-40-42(32(3)47(63-40)13-10-35-36-8-7-33-26-34(52)9-12-46(33,4)38(36)27-37(35)31(47)2)51(29-30)41(53)11-23-64-65-24-14-48-43(54)39(50-45(56)62-22-20-60-18-16-58-6)28-49-44(55)61-21-19-59-17-15-57-5;1-24-20-33-35(40(23-24)34(42)10-18-48-49-19-13-39-36(43)46-17-16-45-15-14-44-5)26(3)38(47-33)12-9-29-30-7-6-27-21-28(41)8-11-37(27,4)32(30)22-31(29)25(38)2/h7,30,32,34-36,38-40,42,52H,8-29H2,1-6H3,(H,48,54)(H,49,55)(H,50,56);6,24,26,28-30,32-33,35,41H,7-23H2,1-5H3,(H,39,43)/t30-,32+,34-,35-,36-,38-,39?,40+,42-,46-,47-;24-,26+,28-,29-,30-,32-,33+,35-,37-,38-/m00/s1. The first-order chi connectivity index (χ1) is 54.9. The van der Waals surface area contributed by atoms with Crippen LogP contribution in [0.25, 0.3) is 0 Å². The largest absolute Gasteiger partial charge is 0.447 e. The van der Waals surface area contributed by atoms with Crippen molar-refractivity contribution in [2.24, 2.45) is 70.0 Å². The minimum Gasteiger partial charge on any atom is -0.447 e. The second-order valence-electron chi connectivity index (χ2n) is 34.8. The molecule has 0 radical (unpaired) electrons. The summed E-state index contributed by atoms with van der Waals surface area (Å²) in [7, 11) is 11.3. The van der Waals surface area contributed by atoms with Gasteiger partial charge in [-0.1, -0.05) is 119 Å². The number of carbonyl (C=O) groups is 6. The van der Waals surface area contributed by atoms with Crippen molar-refractivity contribution in [1.29, 1.82) is 0 Å². The number of fused-ring (bicyclic) bond motifs is 12. The molecule has 12 aliphatic rings. The molecule has 4 heterocycles. The number of aliphatic hydroxyl groups is 2. The summed E-state index contributed by atoms with van der Waals surface area (Å²) in [5.74, 6) is 7.75. The lowest BCUT2D eigenvalue weighted by molar-refractivity contribution is -0.139. The van der Waals surface area contributed by atoms with Gasteiger partial charge in [0.15, 0.2) is 0 Å². The Bertz CT molecular complexity index is 3370. The van der Waals surface area contributed by atoms with Gasteiger partial charge in [-0.3, -0.25) is 14.4 Å². The molecule has 21 atom stereocenters. The van der Waals surface area contributed by atoms with E-state index in [0.717, 1.165) is 114 Å². The van der Waals surface area contributed by atoms with Crippen LogP contribution in [-0.2, 0) is 66.5 Å². The highest BCUT2D eigenvalue weighted by Gasteiger charge is 2.65. The van der Waals surface area contributed by atoms with Crippen LogP contribution in [0.5, 0.6) is 0 Å². The molecular formula is C85H136N6O19S4. The summed E-state index contributed by atoms with van der Waals surface area (Å²) in [6.07, 6.45) is 20.3. The molecule has 6 amide bonds. The Morgan fingerprint density at radius 2 is 0.921 bits per heavy atom. The number of hydrogen-bond acceptors (Lipinski definition) is 23. The third kappa shape index (κ3) is 21.4. The summed E-state index contributed by atoms with van der Waals surface area (Å²) in [6, 6.07) is -0.950. The maximum absolute atomic E-state index is 14.1. The van der Waals surface area contributed by atoms with Gasteiger partial charge in [-0.05, 0) is 186 Å². The molecule has 12 rings (SSSR count). The van der Waals surface area contributed by atoms with E-state index in [0.29, 0.717) is 131 Å². The Labute approximate surface area is 693 Å². The number of likely N-dealkylation sites (tertiary alicyclic amines) is 2. The lowest BCUT2D eigenvalue weighted by Crippen LogP contribution is -2.54. The van der Waals surface area contributed by atoms with Gasteiger partial charge in [-0.2, -0.15) is 0 Å². The molecule has 114 heavy (non-hydrogen) atoms.